The number of aromatic nitrogens is 3. The maximum absolute atomic E-state index is 13.6. The smallest absolute Gasteiger partial charge is 0.348 e. The molecule has 0 saturated carbocycles. The third-order valence-electron chi connectivity index (χ3n) is 5.23. The summed E-state index contributed by atoms with van der Waals surface area (Å²) in [5.74, 6) is -1.14. The van der Waals surface area contributed by atoms with Crippen molar-refractivity contribution in [1.82, 2.24) is 19.7 Å². The molecule has 3 rings (SSSR count). The van der Waals surface area contributed by atoms with Gasteiger partial charge in [0.1, 0.15) is 5.82 Å². The summed E-state index contributed by atoms with van der Waals surface area (Å²) in [6.07, 6.45) is 0.667. The van der Waals surface area contributed by atoms with Gasteiger partial charge in [-0.15, -0.1) is 0 Å². The van der Waals surface area contributed by atoms with Crippen LogP contribution >= 0.6 is 0 Å². The Kier molecular flexibility index (Phi) is 6.48. The number of nitrogens with zero attached hydrogens (tertiary/aromatic N) is 3. The van der Waals surface area contributed by atoms with E-state index in [-0.39, 0.29) is 12.6 Å². The maximum Gasteiger partial charge on any atom is 0.352 e. The van der Waals surface area contributed by atoms with Gasteiger partial charge in [-0.3, -0.25) is 14.2 Å². The molecule has 0 bridgehead atoms. The predicted octanol–water partition coefficient (Wildman–Crippen LogP) is 2.73. The first-order chi connectivity index (χ1) is 14.7. The Bertz CT molecular complexity index is 1250. The Morgan fingerprint density at radius 2 is 1.87 bits per heavy atom. The van der Waals surface area contributed by atoms with E-state index in [0.717, 1.165) is 20.4 Å². The van der Waals surface area contributed by atoms with E-state index < -0.39 is 28.7 Å². The predicted molar refractivity (Wildman–Crippen MR) is 116 cm³/mol. The molecule has 3 aromatic rings. The summed E-state index contributed by atoms with van der Waals surface area (Å²) in [6.45, 7) is 7.35. The fraction of sp³-hybridized carbons (Fsp3) is 0.304. The number of hydrogen-bond donors (Lipinski definition) is 1. The van der Waals surface area contributed by atoms with Crippen LogP contribution in [-0.4, -0.2) is 26.3 Å². The second-order valence-corrected chi connectivity index (χ2v) is 7.62. The zero-order valence-corrected chi connectivity index (χ0v) is 18.0. The highest BCUT2D eigenvalue weighted by Crippen LogP contribution is 2.12. The zero-order chi connectivity index (χ0) is 22.7. The lowest BCUT2D eigenvalue weighted by Gasteiger charge is -2.15. The van der Waals surface area contributed by atoms with E-state index in [4.69, 9.17) is 0 Å². The second kappa shape index (κ2) is 9.07. The number of amides is 1. The third kappa shape index (κ3) is 4.79. The first-order valence-electron chi connectivity index (χ1n) is 10.1. The van der Waals surface area contributed by atoms with E-state index in [0.29, 0.717) is 17.7 Å². The quantitative estimate of drug-likeness (QED) is 0.659. The van der Waals surface area contributed by atoms with Crippen LogP contribution in [-0.2, 0) is 6.54 Å². The SMILES string of the molecule is CC[C@H](C)NC(=O)c1nn(-c2ccc(C)c(C)c2)c(=O)n(Cc2cccc(F)c2)c1=O. The summed E-state index contributed by atoms with van der Waals surface area (Å²) in [5.41, 5.74) is 0.880. The fourth-order valence-electron chi connectivity index (χ4n) is 3.03. The van der Waals surface area contributed by atoms with Crippen LogP contribution < -0.4 is 16.6 Å². The molecule has 7 nitrogen and oxygen atoms in total. The molecular formula is C23H25FN4O3. The van der Waals surface area contributed by atoms with Gasteiger partial charge < -0.3 is 5.32 Å². The fourth-order valence-corrected chi connectivity index (χ4v) is 3.03. The van der Waals surface area contributed by atoms with Crippen LogP contribution in [0.25, 0.3) is 5.69 Å². The van der Waals surface area contributed by atoms with Crippen molar-refractivity contribution in [3.05, 3.63) is 91.5 Å². The molecule has 0 aliphatic carbocycles. The number of aryl methyl sites for hydroxylation is 2. The van der Waals surface area contributed by atoms with Gasteiger partial charge in [-0.25, -0.2) is 9.18 Å². The minimum Gasteiger partial charge on any atom is -0.348 e. The molecule has 0 aliphatic rings. The first-order valence-corrected chi connectivity index (χ1v) is 10.1. The van der Waals surface area contributed by atoms with Crippen molar-refractivity contribution in [2.45, 2.75) is 46.7 Å². The van der Waals surface area contributed by atoms with E-state index in [1.54, 1.807) is 18.2 Å². The van der Waals surface area contributed by atoms with Crippen molar-refractivity contribution in [2.24, 2.45) is 0 Å². The number of halogens is 1. The number of carbonyl (C=O) groups is 1. The van der Waals surface area contributed by atoms with Gasteiger partial charge in [0.25, 0.3) is 11.5 Å². The Morgan fingerprint density at radius 1 is 1.13 bits per heavy atom. The van der Waals surface area contributed by atoms with Crippen molar-refractivity contribution in [3.63, 3.8) is 0 Å². The lowest BCUT2D eigenvalue weighted by molar-refractivity contribution is 0.0929. The topological polar surface area (TPSA) is 86.0 Å². The number of benzene rings is 2. The molecule has 0 saturated heterocycles. The van der Waals surface area contributed by atoms with Gasteiger partial charge in [0, 0.05) is 6.04 Å². The minimum atomic E-state index is -0.824. The standard InChI is InChI=1S/C23H25FN4O3/c1-5-16(4)25-21(29)20-22(30)27(13-17-7-6-8-18(24)12-17)23(31)28(26-20)19-10-9-14(2)15(3)11-19/h6-12,16H,5,13H2,1-4H3,(H,25,29)/t16-/m0/s1. The molecule has 1 amide bonds. The molecule has 0 fully saturated rings. The van der Waals surface area contributed by atoms with E-state index in [1.165, 1.54) is 18.2 Å². The Balaban J connectivity index is 2.21. The molecule has 0 unspecified atom stereocenters. The van der Waals surface area contributed by atoms with Gasteiger partial charge in [0.05, 0.1) is 12.2 Å². The van der Waals surface area contributed by atoms with Crippen LogP contribution in [0.5, 0.6) is 0 Å². The molecule has 1 heterocycles. The Morgan fingerprint density at radius 3 is 2.52 bits per heavy atom. The average Bonchev–Trinajstić information content (AvgIpc) is 2.73. The zero-order valence-electron chi connectivity index (χ0n) is 18.0. The molecule has 0 radical (unpaired) electrons. The van der Waals surface area contributed by atoms with Gasteiger partial charge in [-0.1, -0.05) is 25.1 Å². The highest BCUT2D eigenvalue weighted by Gasteiger charge is 2.21. The molecule has 31 heavy (non-hydrogen) atoms. The van der Waals surface area contributed by atoms with Gasteiger partial charge in [-0.05, 0) is 68.1 Å². The lowest BCUT2D eigenvalue weighted by atomic mass is 10.1. The number of carbonyl (C=O) groups excluding carboxylic acids is 1. The van der Waals surface area contributed by atoms with E-state index in [9.17, 15) is 18.8 Å². The van der Waals surface area contributed by atoms with Gasteiger partial charge >= 0.3 is 5.69 Å². The van der Waals surface area contributed by atoms with Gasteiger partial charge in [0.15, 0.2) is 0 Å². The van der Waals surface area contributed by atoms with Crippen LogP contribution in [0.3, 0.4) is 0 Å². The Hall–Kier alpha value is -3.55. The summed E-state index contributed by atoms with van der Waals surface area (Å²) in [5, 5.41) is 6.82. The monoisotopic (exact) mass is 424 g/mol. The van der Waals surface area contributed by atoms with Crippen molar-refractivity contribution in [1.29, 1.82) is 0 Å². The maximum atomic E-state index is 13.6. The van der Waals surface area contributed by atoms with Crippen LogP contribution in [0.1, 0.15) is 47.4 Å². The molecule has 1 atom stereocenters. The average molecular weight is 424 g/mol. The van der Waals surface area contributed by atoms with Crippen molar-refractivity contribution in [3.8, 4) is 5.69 Å². The van der Waals surface area contributed by atoms with Gasteiger partial charge in [-0.2, -0.15) is 9.78 Å². The van der Waals surface area contributed by atoms with Crippen LogP contribution in [0, 0.1) is 19.7 Å². The van der Waals surface area contributed by atoms with E-state index >= 15 is 0 Å². The van der Waals surface area contributed by atoms with E-state index in [1.807, 2.05) is 33.8 Å². The van der Waals surface area contributed by atoms with Crippen LogP contribution in [0.4, 0.5) is 4.39 Å². The number of nitrogens with one attached hydrogen (secondary N) is 1. The Labute approximate surface area is 179 Å². The molecule has 2 aromatic carbocycles. The summed E-state index contributed by atoms with van der Waals surface area (Å²) >= 11 is 0. The number of rotatable bonds is 6. The first kappa shape index (κ1) is 22.1. The summed E-state index contributed by atoms with van der Waals surface area (Å²) in [7, 11) is 0. The van der Waals surface area contributed by atoms with Crippen molar-refractivity contribution >= 4 is 5.91 Å². The van der Waals surface area contributed by atoms with E-state index in [2.05, 4.69) is 10.4 Å². The summed E-state index contributed by atoms with van der Waals surface area (Å²) in [4.78, 5) is 38.9. The molecule has 8 heteroatoms. The highest BCUT2D eigenvalue weighted by atomic mass is 19.1. The van der Waals surface area contributed by atoms with Gasteiger partial charge in [0.2, 0.25) is 5.69 Å². The van der Waals surface area contributed by atoms with Crippen LogP contribution in [0.2, 0.25) is 0 Å². The minimum absolute atomic E-state index is 0.174. The van der Waals surface area contributed by atoms with Crippen molar-refractivity contribution < 1.29 is 9.18 Å². The van der Waals surface area contributed by atoms with Crippen molar-refractivity contribution in [2.75, 3.05) is 0 Å². The molecule has 0 spiro atoms. The second-order valence-electron chi connectivity index (χ2n) is 7.62. The summed E-state index contributed by atoms with van der Waals surface area (Å²) < 4.78 is 15.6. The van der Waals surface area contributed by atoms with Crippen LogP contribution in [0.15, 0.2) is 52.1 Å². The highest BCUT2D eigenvalue weighted by molar-refractivity contribution is 5.91. The largest absolute Gasteiger partial charge is 0.352 e. The third-order valence-corrected chi connectivity index (χ3v) is 5.23. The molecular weight excluding hydrogens is 399 g/mol. The molecule has 1 N–H and O–H groups in total. The molecule has 0 aliphatic heterocycles. The molecule has 162 valence electrons. The molecule has 1 aromatic heterocycles. The number of hydrogen-bond acceptors (Lipinski definition) is 4. The summed E-state index contributed by atoms with van der Waals surface area (Å²) in [6, 6.07) is 10.7. The lowest BCUT2D eigenvalue weighted by Crippen LogP contribution is -2.47. The normalized spacial score (nSPS) is 11.9.